The fourth-order valence-electron chi connectivity index (χ4n) is 4.06. The summed E-state index contributed by atoms with van der Waals surface area (Å²) in [6, 6.07) is 12.0. The lowest BCUT2D eigenvalue weighted by atomic mass is 9.98. The van der Waals surface area contributed by atoms with E-state index >= 15 is 0 Å². The van der Waals surface area contributed by atoms with Crippen molar-refractivity contribution in [2.24, 2.45) is 0 Å². The number of aryl methyl sites for hydroxylation is 1. The van der Waals surface area contributed by atoms with Crippen LogP contribution in [0.1, 0.15) is 18.4 Å². The highest BCUT2D eigenvalue weighted by Crippen LogP contribution is 2.34. The van der Waals surface area contributed by atoms with Crippen LogP contribution < -0.4 is 10.6 Å². The van der Waals surface area contributed by atoms with Gasteiger partial charge in [-0.05, 0) is 54.3 Å². The molecule has 144 valence electrons. The number of rotatable bonds is 3. The Balaban J connectivity index is 1.56. The third-order valence-corrected chi connectivity index (χ3v) is 5.56. The number of nitrogens with two attached hydrogens (primary N) is 1. The van der Waals surface area contributed by atoms with Gasteiger partial charge >= 0.3 is 0 Å². The van der Waals surface area contributed by atoms with Gasteiger partial charge < -0.3 is 15.6 Å². The summed E-state index contributed by atoms with van der Waals surface area (Å²) >= 11 is 0. The number of nitrogens with zero attached hydrogens (tertiary/aromatic N) is 3. The van der Waals surface area contributed by atoms with Gasteiger partial charge in [0.2, 0.25) is 5.91 Å². The molecule has 6 nitrogen and oxygen atoms in total. The molecule has 0 bridgehead atoms. The SMILES string of the molecule is Cc1c[nH]c2nccc(-c3cnc(N)c(-c4ccc(N5CCCC5=O)cc4)c3)c12. The molecule has 1 aliphatic rings. The topological polar surface area (TPSA) is 87.9 Å². The lowest BCUT2D eigenvalue weighted by Crippen LogP contribution is -2.23. The van der Waals surface area contributed by atoms with Crippen molar-refractivity contribution in [2.75, 3.05) is 17.2 Å². The van der Waals surface area contributed by atoms with Crippen LogP contribution in [-0.4, -0.2) is 27.4 Å². The van der Waals surface area contributed by atoms with Crippen molar-refractivity contribution >= 4 is 28.4 Å². The first-order valence-electron chi connectivity index (χ1n) is 9.71. The van der Waals surface area contributed by atoms with Crippen LogP contribution in [0, 0.1) is 6.92 Å². The molecule has 3 aromatic heterocycles. The quantitative estimate of drug-likeness (QED) is 0.552. The number of carbonyl (C=O) groups is 1. The van der Waals surface area contributed by atoms with Crippen LogP contribution in [0.25, 0.3) is 33.3 Å². The number of anilines is 2. The van der Waals surface area contributed by atoms with Crippen LogP contribution in [0.3, 0.4) is 0 Å². The van der Waals surface area contributed by atoms with Gasteiger partial charge in [0.15, 0.2) is 0 Å². The Labute approximate surface area is 168 Å². The average molecular weight is 383 g/mol. The van der Waals surface area contributed by atoms with Crippen molar-refractivity contribution in [2.45, 2.75) is 19.8 Å². The van der Waals surface area contributed by atoms with Crippen LogP contribution in [0.4, 0.5) is 11.5 Å². The van der Waals surface area contributed by atoms with Gasteiger partial charge in [-0.1, -0.05) is 12.1 Å². The van der Waals surface area contributed by atoms with Gasteiger partial charge in [-0.15, -0.1) is 0 Å². The molecule has 4 heterocycles. The molecular formula is C23H21N5O. The summed E-state index contributed by atoms with van der Waals surface area (Å²) in [7, 11) is 0. The highest BCUT2D eigenvalue weighted by atomic mass is 16.2. The lowest BCUT2D eigenvalue weighted by Gasteiger charge is -2.16. The summed E-state index contributed by atoms with van der Waals surface area (Å²) < 4.78 is 0. The molecule has 6 heteroatoms. The van der Waals surface area contributed by atoms with E-state index in [1.807, 2.05) is 41.4 Å². The van der Waals surface area contributed by atoms with Gasteiger partial charge in [-0.2, -0.15) is 0 Å². The zero-order chi connectivity index (χ0) is 20.0. The Kier molecular flexibility index (Phi) is 4.05. The van der Waals surface area contributed by atoms with Crippen LogP contribution >= 0.6 is 0 Å². The van der Waals surface area contributed by atoms with E-state index in [4.69, 9.17) is 5.73 Å². The average Bonchev–Trinajstić information content (AvgIpc) is 3.34. The van der Waals surface area contributed by atoms with Gasteiger partial charge in [0.05, 0.1) is 0 Å². The zero-order valence-electron chi connectivity index (χ0n) is 16.1. The molecule has 29 heavy (non-hydrogen) atoms. The number of amides is 1. The molecule has 0 radical (unpaired) electrons. The van der Waals surface area contributed by atoms with E-state index in [0.717, 1.165) is 57.5 Å². The Morgan fingerprint density at radius 3 is 2.66 bits per heavy atom. The predicted octanol–water partition coefficient (Wildman–Crippen LogP) is 4.31. The van der Waals surface area contributed by atoms with E-state index < -0.39 is 0 Å². The first-order valence-corrected chi connectivity index (χ1v) is 9.71. The molecule has 1 aromatic carbocycles. The molecule has 0 unspecified atom stereocenters. The molecule has 4 aromatic rings. The van der Waals surface area contributed by atoms with E-state index in [2.05, 4.69) is 27.9 Å². The summed E-state index contributed by atoms with van der Waals surface area (Å²) in [5.74, 6) is 0.666. The van der Waals surface area contributed by atoms with Crippen molar-refractivity contribution in [3.63, 3.8) is 0 Å². The fourth-order valence-corrected chi connectivity index (χ4v) is 4.06. The van der Waals surface area contributed by atoms with Gasteiger partial charge in [0.1, 0.15) is 11.5 Å². The first-order chi connectivity index (χ1) is 14.1. The Morgan fingerprint density at radius 2 is 1.90 bits per heavy atom. The highest BCUT2D eigenvalue weighted by molar-refractivity contribution is 5.97. The minimum Gasteiger partial charge on any atom is -0.383 e. The number of aromatic amines is 1. The zero-order valence-corrected chi connectivity index (χ0v) is 16.1. The fraction of sp³-hybridized carbons (Fsp3) is 0.174. The van der Waals surface area contributed by atoms with E-state index in [0.29, 0.717) is 12.2 Å². The van der Waals surface area contributed by atoms with Crippen LogP contribution in [0.2, 0.25) is 0 Å². The molecule has 0 saturated carbocycles. The lowest BCUT2D eigenvalue weighted by molar-refractivity contribution is -0.117. The van der Waals surface area contributed by atoms with Crippen molar-refractivity contribution in [1.29, 1.82) is 0 Å². The Morgan fingerprint density at radius 1 is 1.07 bits per heavy atom. The number of benzene rings is 1. The number of H-pyrrole nitrogens is 1. The van der Waals surface area contributed by atoms with E-state index in [9.17, 15) is 4.79 Å². The third-order valence-electron chi connectivity index (χ3n) is 5.56. The third kappa shape index (κ3) is 2.93. The normalized spacial score (nSPS) is 14.1. The second-order valence-electron chi connectivity index (χ2n) is 7.41. The smallest absolute Gasteiger partial charge is 0.227 e. The number of pyridine rings is 2. The summed E-state index contributed by atoms with van der Waals surface area (Å²) in [5, 5.41) is 1.09. The molecule has 1 fully saturated rings. The van der Waals surface area contributed by atoms with Crippen molar-refractivity contribution in [3.8, 4) is 22.3 Å². The molecule has 5 rings (SSSR count). The summed E-state index contributed by atoms with van der Waals surface area (Å²) in [5.41, 5.74) is 13.0. The Hall–Kier alpha value is -3.67. The summed E-state index contributed by atoms with van der Waals surface area (Å²) in [6.45, 7) is 2.85. The Bertz CT molecular complexity index is 1230. The number of nitrogens with one attached hydrogen (secondary N) is 1. The number of fused-ring (bicyclic) bond motifs is 1. The van der Waals surface area contributed by atoms with Crippen LogP contribution in [0.5, 0.6) is 0 Å². The van der Waals surface area contributed by atoms with Crippen molar-refractivity contribution < 1.29 is 4.79 Å². The van der Waals surface area contributed by atoms with Crippen molar-refractivity contribution in [1.82, 2.24) is 15.0 Å². The molecule has 3 N–H and O–H groups in total. The largest absolute Gasteiger partial charge is 0.383 e. The number of aromatic nitrogens is 3. The molecule has 1 aliphatic heterocycles. The highest BCUT2D eigenvalue weighted by Gasteiger charge is 2.21. The molecule has 0 atom stereocenters. The van der Waals surface area contributed by atoms with E-state index in [1.54, 1.807) is 12.4 Å². The second kappa shape index (κ2) is 6.74. The van der Waals surface area contributed by atoms with Crippen LogP contribution in [-0.2, 0) is 4.79 Å². The number of nitrogen functional groups attached to an aromatic ring is 1. The number of hydrogen-bond acceptors (Lipinski definition) is 4. The predicted molar refractivity (Wildman–Crippen MR) is 115 cm³/mol. The maximum atomic E-state index is 12.0. The minimum absolute atomic E-state index is 0.185. The number of hydrogen-bond donors (Lipinski definition) is 2. The van der Waals surface area contributed by atoms with Crippen molar-refractivity contribution in [3.05, 3.63) is 60.6 Å². The molecule has 0 aliphatic carbocycles. The molecule has 0 spiro atoms. The van der Waals surface area contributed by atoms with E-state index in [1.165, 1.54) is 0 Å². The van der Waals surface area contributed by atoms with Crippen LogP contribution in [0.15, 0.2) is 55.0 Å². The van der Waals surface area contributed by atoms with Gasteiger partial charge in [0.25, 0.3) is 0 Å². The number of carbonyl (C=O) groups excluding carboxylic acids is 1. The van der Waals surface area contributed by atoms with Gasteiger partial charge in [0, 0.05) is 53.8 Å². The first kappa shape index (κ1) is 17.4. The van der Waals surface area contributed by atoms with E-state index in [-0.39, 0.29) is 5.91 Å². The van der Waals surface area contributed by atoms with Gasteiger partial charge in [-0.3, -0.25) is 4.79 Å². The molecular weight excluding hydrogens is 362 g/mol. The van der Waals surface area contributed by atoms with Gasteiger partial charge in [-0.25, -0.2) is 9.97 Å². The molecule has 1 saturated heterocycles. The maximum Gasteiger partial charge on any atom is 0.227 e. The summed E-state index contributed by atoms with van der Waals surface area (Å²) in [4.78, 5) is 25.9. The molecule has 1 amide bonds. The standard InChI is InChI=1S/C23H21N5O/c1-14-12-27-23-21(14)18(8-9-25-23)16-11-19(22(24)26-13-16)15-4-6-17(7-5-15)28-10-2-3-20(28)29/h4-9,11-13H,2-3,10H2,1H3,(H2,24,26)(H,25,27). The monoisotopic (exact) mass is 383 g/mol. The summed E-state index contributed by atoms with van der Waals surface area (Å²) in [6.07, 6.45) is 7.10. The minimum atomic E-state index is 0.185. The second-order valence-corrected chi connectivity index (χ2v) is 7.41. The maximum absolute atomic E-state index is 12.0.